The second kappa shape index (κ2) is 9.55. The molecule has 26 heavy (non-hydrogen) atoms. The Kier molecular flexibility index (Phi) is 7.70. The van der Waals surface area contributed by atoms with Crippen molar-refractivity contribution in [3.05, 3.63) is 0 Å². The van der Waals surface area contributed by atoms with Crippen molar-refractivity contribution in [3.63, 3.8) is 0 Å². The van der Waals surface area contributed by atoms with Crippen molar-refractivity contribution in [1.29, 1.82) is 0 Å². The Morgan fingerprint density at radius 2 is 1.88 bits per heavy atom. The third kappa shape index (κ3) is 7.11. The second-order valence-electron chi connectivity index (χ2n) is 8.36. The fraction of sp³-hybridized carbons (Fsp3) is 0.895. The fourth-order valence-corrected chi connectivity index (χ4v) is 3.59. The Balaban J connectivity index is 1.65. The summed E-state index contributed by atoms with van der Waals surface area (Å²) in [5.41, 5.74) is -0.463. The lowest BCUT2D eigenvalue weighted by Crippen LogP contribution is -2.44. The molecule has 1 N–H and O–H groups in total. The SMILES string of the molecule is COC(=O)C1CCOC(CN2CCC(CNC(=O)OC(C)(C)C)CC2)C1. The van der Waals surface area contributed by atoms with Crippen LogP contribution in [-0.2, 0) is 19.0 Å². The lowest BCUT2D eigenvalue weighted by molar-refractivity contribution is -0.151. The maximum Gasteiger partial charge on any atom is 0.407 e. The fourth-order valence-electron chi connectivity index (χ4n) is 3.59. The Labute approximate surface area is 156 Å². The third-order valence-corrected chi connectivity index (χ3v) is 5.00. The van der Waals surface area contributed by atoms with E-state index in [1.807, 2.05) is 20.8 Å². The van der Waals surface area contributed by atoms with E-state index in [2.05, 4.69) is 10.2 Å². The van der Waals surface area contributed by atoms with Gasteiger partial charge in [-0.05, 0) is 65.5 Å². The van der Waals surface area contributed by atoms with Crippen LogP contribution in [0.1, 0.15) is 46.5 Å². The average molecular weight is 370 g/mol. The molecule has 2 saturated heterocycles. The van der Waals surface area contributed by atoms with Crippen LogP contribution in [0.25, 0.3) is 0 Å². The summed E-state index contributed by atoms with van der Waals surface area (Å²) >= 11 is 0. The highest BCUT2D eigenvalue weighted by Gasteiger charge is 2.30. The number of ether oxygens (including phenoxy) is 3. The number of hydrogen-bond acceptors (Lipinski definition) is 6. The Bertz CT molecular complexity index is 469. The van der Waals surface area contributed by atoms with E-state index in [4.69, 9.17) is 14.2 Å². The van der Waals surface area contributed by atoms with Gasteiger partial charge in [0.05, 0.1) is 19.1 Å². The van der Waals surface area contributed by atoms with Gasteiger partial charge in [-0.25, -0.2) is 4.79 Å². The molecule has 0 aliphatic carbocycles. The summed E-state index contributed by atoms with van der Waals surface area (Å²) < 4.78 is 16.0. The highest BCUT2D eigenvalue weighted by Crippen LogP contribution is 2.24. The number of amides is 1. The first kappa shape index (κ1) is 21.0. The van der Waals surface area contributed by atoms with Crippen molar-refractivity contribution in [2.24, 2.45) is 11.8 Å². The number of carbonyl (C=O) groups excluding carboxylic acids is 2. The smallest absolute Gasteiger partial charge is 0.407 e. The minimum atomic E-state index is -0.463. The van der Waals surface area contributed by atoms with Crippen molar-refractivity contribution in [2.45, 2.75) is 58.2 Å². The number of rotatable bonds is 5. The van der Waals surface area contributed by atoms with Gasteiger partial charge in [0.15, 0.2) is 0 Å². The van der Waals surface area contributed by atoms with E-state index in [-0.39, 0.29) is 24.1 Å². The maximum atomic E-state index is 11.7. The molecule has 0 bridgehead atoms. The van der Waals surface area contributed by atoms with Gasteiger partial charge in [0.1, 0.15) is 5.60 Å². The van der Waals surface area contributed by atoms with Crippen LogP contribution in [0, 0.1) is 11.8 Å². The third-order valence-electron chi connectivity index (χ3n) is 5.00. The number of carbonyl (C=O) groups is 2. The summed E-state index contributed by atoms with van der Waals surface area (Å²) in [5, 5.41) is 2.87. The van der Waals surface area contributed by atoms with Crippen LogP contribution >= 0.6 is 0 Å². The summed E-state index contributed by atoms with van der Waals surface area (Å²) in [6.07, 6.45) is 3.34. The molecule has 1 amide bonds. The summed E-state index contributed by atoms with van der Waals surface area (Å²) in [6.45, 7) is 9.72. The number of piperidine rings is 1. The molecule has 2 atom stereocenters. The molecule has 2 fully saturated rings. The summed E-state index contributed by atoms with van der Waals surface area (Å²) in [6, 6.07) is 0. The second-order valence-corrected chi connectivity index (χ2v) is 8.36. The van der Waals surface area contributed by atoms with Gasteiger partial charge in [-0.1, -0.05) is 0 Å². The average Bonchev–Trinajstić information content (AvgIpc) is 2.59. The molecule has 2 heterocycles. The van der Waals surface area contributed by atoms with Crippen LogP contribution in [0.2, 0.25) is 0 Å². The van der Waals surface area contributed by atoms with Crippen LogP contribution in [-0.4, -0.2) is 68.6 Å². The van der Waals surface area contributed by atoms with E-state index in [1.165, 1.54) is 7.11 Å². The Hall–Kier alpha value is -1.34. The zero-order valence-electron chi connectivity index (χ0n) is 16.6. The first-order valence-corrected chi connectivity index (χ1v) is 9.65. The Morgan fingerprint density at radius 1 is 1.19 bits per heavy atom. The molecular formula is C19H34N2O5. The molecule has 0 aromatic heterocycles. The van der Waals surface area contributed by atoms with E-state index in [0.717, 1.165) is 45.3 Å². The van der Waals surface area contributed by atoms with E-state index in [9.17, 15) is 9.59 Å². The molecule has 7 nitrogen and oxygen atoms in total. The van der Waals surface area contributed by atoms with Crippen molar-refractivity contribution >= 4 is 12.1 Å². The number of nitrogens with zero attached hydrogens (tertiary/aromatic N) is 1. The first-order chi connectivity index (χ1) is 12.3. The largest absolute Gasteiger partial charge is 0.469 e. The van der Waals surface area contributed by atoms with Crippen LogP contribution < -0.4 is 5.32 Å². The molecular weight excluding hydrogens is 336 g/mol. The summed E-state index contributed by atoms with van der Waals surface area (Å²) in [5.74, 6) is 0.327. The van der Waals surface area contributed by atoms with Crippen molar-refractivity contribution in [1.82, 2.24) is 10.2 Å². The van der Waals surface area contributed by atoms with Crippen molar-refractivity contribution < 1.29 is 23.8 Å². The van der Waals surface area contributed by atoms with Gasteiger partial charge in [-0.3, -0.25) is 4.79 Å². The van der Waals surface area contributed by atoms with Gasteiger partial charge in [0.25, 0.3) is 0 Å². The number of hydrogen-bond donors (Lipinski definition) is 1. The van der Waals surface area contributed by atoms with Gasteiger partial charge in [-0.2, -0.15) is 0 Å². The van der Waals surface area contributed by atoms with Gasteiger partial charge in [0.2, 0.25) is 0 Å². The lowest BCUT2D eigenvalue weighted by atomic mass is 9.93. The zero-order chi connectivity index (χ0) is 19.2. The lowest BCUT2D eigenvalue weighted by Gasteiger charge is -2.36. The molecule has 0 aromatic rings. The molecule has 0 radical (unpaired) electrons. The molecule has 2 rings (SSSR count). The standard InChI is InChI=1S/C19H34N2O5/c1-19(2,3)26-18(23)20-12-14-5-8-21(9-6-14)13-16-11-15(7-10-25-16)17(22)24-4/h14-16H,5-13H2,1-4H3,(H,20,23). The number of esters is 1. The van der Waals surface area contributed by atoms with Crippen molar-refractivity contribution in [2.75, 3.05) is 39.9 Å². The number of methoxy groups -OCH3 is 1. The molecule has 2 unspecified atom stereocenters. The topological polar surface area (TPSA) is 77.1 Å². The predicted octanol–water partition coefficient (Wildman–Crippen LogP) is 2.19. The van der Waals surface area contributed by atoms with Gasteiger partial charge >= 0.3 is 12.1 Å². The van der Waals surface area contributed by atoms with Gasteiger partial charge < -0.3 is 24.4 Å². The highest BCUT2D eigenvalue weighted by molar-refractivity contribution is 5.72. The molecule has 0 aromatic carbocycles. The highest BCUT2D eigenvalue weighted by atomic mass is 16.6. The van der Waals surface area contributed by atoms with Crippen LogP contribution in [0.5, 0.6) is 0 Å². The normalized spacial score (nSPS) is 25.5. The quantitative estimate of drug-likeness (QED) is 0.748. The maximum absolute atomic E-state index is 11.7. The van der Waals surface area contributed by atoms with Crippen LogP contribution in [0.4, 0.5) is 4.79 Å². The van der Waals surface area contributed by atoms with E-state index < -0.39 is 5.60 Å². The molecule has 0 saturated carbocycles. The number of nitrogens with one attached hydrogen (secondary N) is 1. The van der Waals surface area contributed by atoms with E-state index >= 15 is 0 Å². The zero-order valence-corrected chi connectivity index (χ0v) is 16.6. The molecule has 0 spiro atoms. The number of likely N-dealkylation sites (tertiary alicyclic amines) is 1. The van der Waals surface area contributed by atoms with Crippen LogP contribution in [0.3, 0.4) is 0 Å². The molecule has 2 aliphatic heterocycles. The monoisotopic (exact) mass is 370 g/mol. The van der Waals surface area contributed by atoms with Gasteiger partial charge in [-0.15, -0.1) is 0 Å². The van der Waals surface area contributed by atoms with Gasteiger partial charge in [0, 0.05) is 19.7 Å². The first-order valence-electron chi connectivity index (χ1n) is 9.65. The van der Waals surface area contributed by atoms with Crippen molar-refractivity contribution in [3.8, 4) is 0 Å². The minimum Gasteiger partial charge on any atom is -0.469 e. The summed E-state index contributed by atoms with van der Waals surface area (Å²) in [4.78, 5) is 25.9. The molecule has 7 heteroatoms. The van der Waals surface area contributed by atoms with Crippen LogP contribution in [0.15, 0.2) is 0 Å². The summed E-state index contributed by atoms with van der Waals surface area (Å²) in [7, 11) is 1.45. The molecule has 150 valence electrons. The predicted molar refractivity (Wildman–Crippen MR) is 97.9 cm³/mol. The number of alkyl carbamates (subject to hydrolysis) is 1. The molecule has 2 aliphatic rings. The van der Waals surface area contributed by atoms with E-state index in [0.29, 0.717) is 19.1 Å². The minimum absolute atomic E-state index is 0.0330. The Morgan fingerprint density at radius 3 is 2.50 bits per heavy atom. The van der Waals surface area contributed by atoms with E-state index in [1.54, 1.807) is 0 Å².